The number of hydrogen-bond acceptors (Lipinski definition) is 5. The Balaban J connectivity index is 1.60. The van der Waals surface area contributed by atoms with Gasteiger partial charge in [-0.15, -0.1) is 10.2 Å². The number of carbonyl (C=O) groups is 1. The van der Waals surface area contributed by atoms with E-state index < -0.39 is 0 Å². The Bertz CT molecular complexity index is 719. The van der Waals surface area contributed by atoms with Gasteiger partial charge in [-0.05, 0) is 51.6 Å². The lowest BCUT2D eigenvalue weighted by Gasteiger charge is -2.32. The highest BCUT2D eigenvalue weighted by Gasteiger charge is 2.27. The molecule has 0 N–H and O–H groups in total. The Kier molecular flexibility index (Phi) is 5.98. The summed E-state index contributed by atoms with van der Waals surface area (Å²) in [6.07, 6.45) is 5.81. The van der Waals surface area contributed by atoms with Crippen molar-refractivity contribution < 1.29 is 4.79 Å². The number of aromatic nitrogens is 4. The number of piperidine rings is 1. The average Bonchev–Trinajstić information content (AvgIpc) is 3.04. The summed E-state index contributed by atoms with van der Waals surface area (Å²) in [5.41, 5.74) is 1.02. The second-order valence-corrected chi connectivity index (χ2v) is 7.14. The number of amides is 1. The van der Waals surface area contributed by atoms with E-state index in [-0.39, 0.29) is 5.91 Å². The summed E-state index contributed by atoms with van der Waals surface area (Å²) in [6.45, 7) is 5.39. The van der Waals surface area contributed by atoms with Gasteiger partial charge in [-0.2, -0.15) is 0 Å². The minimum absolute atomic E-state index is 0.194. The molecular weight excluding hydrogens is 328 g/mol. The maximum Gasteiger partial charge on any atom is 0.226 e. The largest absolute Gasteiger partial charge is 0.342 e. The van der Waals surface area contributed by atoms with Gasteiger partial charge in [0.2, 0.25) is 5.91 Å². The highest BCUT2D eigenvalue weighted by atomic mass is 16.2. The number of nitrogens with zero attached hydrogens (tertiary/aromatic N) is 6. The molecule has 0 spiro atoms. The highest BCUT2D eigenvalue weighted by Crippen LogP contribution is 2.27. The Labute approximate surface area is 155 Å². The maximum absolute atomic E-state index is 12.5. The van der Waals surface area contributed by atoms with Gasteiger partial charge >= 0.3 is 0 Å². The van der Waals surface area contributed by atoms with Crippen LogP contribution >= 0.6 is 0 Å². The summed E-state index contributed by atoms with van der Waals surface area (Å²) >= 11 is 0. The van der Waals surface area contributed by atoms with Crippen molar-refractivity contribution in [3.8, 4) is 0 Å². The summed E-state index contributed by atoms with van der Waals surface area (Å²) in [7, 11) is 4.09. The van der Waals surface area contributed by atoms with E-state index in [4.69, 9.17) is 0 Å². The molecule has 3 rings (SSSR count). The van der Waals surface area contributed by atoms with Gasteiger partial charge in [-0.3, -0.25) is 9.78 Å². The van der Waals surface area contributed by atoms with E-state index in [1.165, 1.54) is 0 Å². The third-order valence-electron chi connectivity index (χ3n) is 4.95. The molecule has 1 amide bonds. The Morgan fingerprint density at radius 3 is 2.50 bits per heavy atom. The molecule has 7 nitrogen and oxygen atoms in total. The second kappa shape index (κ2) is 8.40. The fraction of sp³-hybridized carbons (Fsp3) is 0.579. The summed E-state index contributed by atoms with van der Waals surface area (Å²) in [5, 5.41) is 8.87. The first-order valence-corrected chi connectivity index (χ1v) is 9.31. The molecule has 1 aliphatic heterocycles. The van der Waals surface area contributed by atoms with Crippen molar-refractivity contribution in [3.63, 3.8) is 0 Å². The maximum atomic E-state index is 12.5. The van der Waals surface area contributed by atoms with Gasteiger partial charge in [-0.1, -0.05) is 0 Å². The zero-order valence-corrected chi connectivity index (χ0v) is 15.9. The van der Waals surface area contributed by atoms with Crippen LogP contribution < -0.4 is 0 Å². The zero-order valence-electron chi connectivity index (χ0n) is 15.9. The first-order valence-electron chi connectivity index (χ1n) is 9.31. The topological polar surface area (TPSA) is 67.2 Å². The van der Waals surface area contributed by atoms with Crippen LogP contribution in [0, 0.1) is 0 Å². The van der Waals surface area contributed by atoms with Gasteiger partial charge in [0.1, 0.15) is 11.6 Å². The lowest BCUT2D eigenvalue weighted by Crippen LogP contribution is -2.39. The predicted molar refractivity (Wildman–Crippen MR) is 99.6 cm³/mol. The number of rotatable bonds is 6. The molecule has 26 heavy (non-hydrogen) atoms. The third kappa shape index (κ3) is 4.27. The predicted octanol–water partition coefficient (Wildman–Crippen LogP) is 1.70. The Morgan fingerprint density at radius 2 is 1.88 bits per heavy atom. The molecule has 0 aliphatic carbocycles. The van der Waals surface area contributed by atoms with E-state index in [2.05, 4.69) is 31.6 Å². The van der Waals surface area contributed by atoms with E-state index in [1.54, 1.807) is 12.4 Å². The molecule has 0 aromatic carbocycles. The van der Waals surface area contributed by atoms with Crippen LogP contribution in [0.4, 0.5) is 0 Å². The molecule has 140 valence electrons. The molecule has 0 unspecified atom stereocenters. The smallest absolute Gasteiger partial charge is 0.226 e. The molecule has 1 saturated heterocycles. The Hall–Kier alpha value is -2.28. The number of hydrogen-bond donors (Lipinski definition) is 0. The van der Waals surface area contributed by atoms with Crippen molar-refractivity contribution in [2.75, 3.05) is 27.2 Å². The van der Waals surface area contributed by atoms with Gasteiger partial charge in [-0.25, -0.2) is 0 Å². The highest BCUT2D eigenvalue weighted by molar-refractivity contribution is 5.78. The molecular formula is C19H28N6O. The summed E-state index contributed by atoms with van der Waals surface area (Å²) in [5.74, 6) is 2.66. The molecule has 2 aromatic rings. The fourth-order valence-electron chi connectivity index (χ4n) is 3.57. The van der Waals surface area contributed by atoms with Crippen molar-refractivity contribution in [1.29, 1.82) is 0 Å². The van der Waals surface area contributed by atoms with Gasteiger partial charge in [0.05, 0.1) is 13.0 Å². The van der Waals surface area contributed by atoms with E-state index in [1.807, 2.05) is 31.1 Å². The normalized spacial score (nSPS) is 15.6. The molecule has 3 heterocycles. The first-order chi connectivity index (χ1) is 12.6. The van der Waals surface area contributed by atoms with Crippen LogP contribution in [0.1, 0.15) is 42.9 Å². The molecule has 0 radical (unpaired) electrons. The van der Waals surface area contributed by atoms with E-state index >= 15 is 0 Å². The summed E-state index contributed by atoms with van der Waals surface area (Å²) in [4.78, 5) is 20.6. The Morgan fingerprint density at radius 1 is 1.19 bits per heavy atom. The van der Waals surface area contributed by atoms with Crippen molar-refractivity contribution >= 4 is 5.91 Å². The molecule has 7 heteroatoms. The summed E-state index contributed by atoms with van der Waals surface area (Å²) in [6, 6.07) is 3.81. The van der Waals surface area contributed by atoms with Crippen LogP contribution in [-0.4, -0.2) is 62.6 Å². The average molecular weight is 356 g/mol. The van der Waals surface area contributed by atoms with E-state index in [0.717, 1.165) is 56.2 Å². The first kappa shape index (κ1) is 18.5. The van der Waals surface area contributed by atoms with Crippen LogP contribution in [-0.2, 0) is 24.3 Å². The monoisotopic (exact) mass is 356 g/mol. The SMILES string of the molecule is CCn1c(CN(C)C)nnc1C1CCN(C(=O)Cc2ccncc2)CC1. The van der Waals surface area contributed by atoms with Crippen LogP contribution in [0.15, 0.2) is 24.5 Å². The molecule has 0 saturated carbocycles. The summed E-state index contributed by atoms with van der Waals surface area (Å²) < 4.78 is 2.24. The number of likely N-dealkylation sites (tertiary alicyclic amines) is 1. The fourth-order valence-corrected chi connectivity index (χ4v) is 3.57. The molecule has 0 atom stereocenters. The van der Waals surface area contributed by atoms with Crippen LogP contribution in [0.25, 0.3) is 0 Å². The standard InChI is InChI=1S/C19H28N6O/c1-4-25-17(14-23(2)3)21-22-19(25)16-7-11-24(12-8-16)18(26)13-15-5-9-20-10-6-15/h5-6,9-10,16H,4,7-8,11-14H2,1-3H3. The van der Waals surface area contributed by atoms with Gasteiger partial charge < -0.3 is 14.4 Å². The van der Waals surface area contributed by atoms with Crippen LogP contribution in [0.3, 0.4) is 0 Å². The van der Waals surface area contributed by atoms with E-state index in [0.29, 0.717) is 12.3 Å². The van der Waals surface area contributed by atoms with Crippen molar-refractivity contribution in [2.45, 2.75) is 45.2 Å². The number of carbonyl (C=O) groups excluding carboxylic acids is 1. The lowest BCUT2D eigenvalue weighted by atomic mass is 9.95. The molecule has 1 fully saturated rings. The van der Waals surface area contributed by atoms with Crippen LogP contribution in [0.2, 0.25) is 0 Å². The zero-order chi connectivity index (χ0) is 18.5. The minimum atomic E-state index is 0.194. The molecule has 1 aliphatic rings. The second-order valence-electron chi connectivity index (χ2n) is 7.14. The van der Waals surface area contributed by atoms with Crippen LogP contribution in [0.5, 0.6) is 0 Å². The van der Waals surface area contributed by atoms with Gasteiger partial charge in [0.15, 0.2) is 0 Å². The molecule has 0 bridgehead atoms. The van der Waals surface area contributed by atoms with Gasteiger partial charge in [0.25, 0.3) is 0 Å². The van der Waals surface area contributed by atoms with E-state index in [9.17, 15) is 4.79 Å². The minimum Gasteiger partial charge on any atom is -0.342 e. The van der Waals surface area contributed by atoms with Crippen molar-refractivity contribution in [3.05, 3.63) is 41.7 Å². The quantitative estimate of drug-likeness (QED) is 0.788. The van der Waals surface area contributed by atoms with Crippen molar-refractivity contribution in [1.82, 2.24) is 29.5 Å². The van der Waals surface area contributed by atoms with Gasteiger partial charge in [0, 0.05) is 37.9 Å². The lowest BCUT2D eigenvalue weighted by molar-refractivity contribution is -0.131. The molecule has 2 aromatic heterocycles. The number of pyridine rings is 1. The third-order valence-corrected chi connectivity index (χ3v) is 4.95. The van der Waals surface area contributed by atoms with Crippen molar-refractivity contribution in [2.24, 2.45) is 0 Å².